The first-order valence-corrected chi connectivity index (χ1v) is 20.5. The number of carbonyl (C=O) groups excluding carboxylic acids is 7. The van der Waals surface area contributed by atoms with Gasteiger partial charge in [0.2, 0.25) is 35.4 Å². The molecule has 328 valence electrons. The number of aliphatic carboxylic acids is 1. The maximum absolute atomic E-state index is 14.4. The molecule has 2 aliphatic heterocycles. The molecule has 3 fully saturated rings. The van der Waals surface area contributed by atoms with Crippen LogP contribution in [-0.2, 0) is 38.4 Å². The van der Waals surface area contributed by atoms with E-state index in [4.69, 9.17) is 0 Å². The lowest BCUT2D eigenvalue weighted by molar-refractivity contribution is -0.192. The molecule has 19 heteroatoms. The third-order valence-electron chi connectivity index (χ3n) is 11.6. The number of carboxylic acid groups (broad SMARTS) is 1. The van der Waals surface area contributed by atoms with Crippen molar-refractivity contribution < 1.29 is 56.6 Å². The zero-order chi connectivity index (χ0) is 43.7. The standard InChI is InChI=1S/C39H62F3N7O9/c1-8-48(30(24(3)4)32(53)44-27(23-29(51)52)35(56)47-20-14-15-21-47)28(50)22-26(34(55)46-18-12-13-19-46)43-33(54)31(25(5)6)49(9-2)36(57)38(16-10-11-17-38)45(7)37(58)39(40,41)42/h24-27,30-31H,8-23H2,1-7H3,(H,43,54)(H,44,53)(H,51,52)/t26-,27-,30-,31-/m0/s1. The molecule has 3 rings (SSSR count). The molecule has 0 bridgehead atoms. The molecular formula is C39H62F3N7O9. The fraction of sp³-hybridized carbons (Fsp3) is 0.795. The maximum Gasteiger partial charge on any atom is 0.471 e. The number of nitrogens with one attached hydrogen (secondary N) is 2. The minimum Gasteiger partial charge on any atom is -0.481 e. The Morgan fingerprint density at radius 2 is 1.07 bits per heavy atom. The van der Waals surface area contributed by atoms with Gasteiger partial charge in [0.25, 0.3) is 0 Å². The number of rotatable bonds is 18. The van der Waals surface area contributed by atoms with Crippen molar-refractivity contribution in [3.63, 3.8) is 0 Å². The monoisotopic (exact) mass is 829 g/mol. The second-order valence-corrected chi connectivity index (χ2v) is 16.2. The molecule has 16 nitrogen and oxygen atoms in total. The van der Waals surface area contributed by atoms with E-state index < -0.39 is 108 Å². The van der Waals surface area contributed by atoms with Gasteiger partial charge in [0, 0.05) is 46.3 Å². The topological polar surface area (TPSA) is 197 Å². The van der Waals surface area contributed by atoms with Crippen LogP contribution >= 0.6 is 0 Å². The van der Waals surface area contributed by atoms with E-state index in [2.05, 4.69) is 10.6 Å². The summed E-state index contributed by atoms with van der Waals surface area (Å²) in [7, 11) is 0.940. The van der Waals surface area contributed by atoms with Crippen molar-refractivity contribution in [3.05, 3.63) is 0 Å². The Hall–Kier alpha value is -4.45. The minimum absolute atomic E-state index is 0.0314. The number of hydrogen-bond donors (Lipinski definition) is 3. The third kappa shape index (κ3) is 11.2. The molecule has 3 N–H and O–H groups in total. The second kappa shape index (κ2) is 20.5. The summed E-state index contributed by atoms with van der Waals surface area (Å²) in [5.74, 6) is -8.88. The molecule has 0 aromatic heterocycles. The van der Waals surface area contributed by atoms with E-state index in [-0.39, 0.29) is 25.9 Å². The van der Waals surface area contributed by atoms with E-state index >= 15 is 0 Å². The van der Waals surface area contributed by atoms with Gasteiger partial charge in [-0.1, -0.05) is 40.5 Å². The first kappa shape index (κ1) is 47.9. The summed E-state index contributed by atoms with van der Waals surface area (Å²) < 4.78 is 40.9. The van der Waals surface area contributed by atoms with Crippen molar-refractivity contribution in [2.24, 2.45) is 11.8 Å². The van der Waals surface area contributed by atoms with Crippen LogP contribution in [0.5, 0.6) is 0 Å². The average molecular weight is 830 g/mol. The number of carboxylic acids is 1. The zero-order valence-electron chi connectivity index (χ0n) is 34.9. The molecule has 1 saturated carbocycles. The molecule has 0 unspecified atom stereocenters. The number of nitrogens with zero attached hydrogens (tertiary/aromatic N) is 5. The molecule has 2 heterocycles. The summed E-state index contributed by atoms with van der Waals surface area (Å²) in [5, 5.41) is 14.8. The average Bonchev–Trinajstić information content (AvgIpc) is 3.97. The maximum atomic E-state index is 14.4. The van der Waals surface area contributed by atoms with Crippen LogP contribution in [0.3, 0.4) is 0 Å². The number of alkyl halides is 3. The van der Waals surface area contributed by atoms with Gasteiger partial charge >= 0.3 is 18.1 Å². The van der Waals surface area contributed by atoms with Crippen LogP contribution in [0.15, 0.2) is 0 Å². The SMILES string of the molecule is CCN(C(=O)C[C@H](NC(=O)[C@H](C(C)C)N(CC)C(=O)C1(N(C)C(=O)C(F)(F)F)CCCC1)C(=O)N1CCCC1)[C@H](C(=O)N[C@@H](CC(=O)O)C(=O)N1CCCC1)C(C)C. The molecule has 0 spiro atoms. The smallest absolute Gasteiger partial charge is 0.471 e. The summed E-state index contributed by atoms with van der Waals surface area (Å²) in [6.45, 7) is 11.2. The van der Waals surface area contributed by atoms with E-state index in [1.165, 1.54) is 14.7 Å². The quantitative estimate of drug-likeness (QED) is 0.186. The molecule has 2 saturated heterocycles. The molecule has 58 heavy (non-hydrogen) atoms. The normalized spacial score (nSPS) is 18.7. The zero-order valence-corrected chi connectivity index (χ0v) is 34.9. The van der Waals surface area contributed by atoms with Crippen molar-refractivity contribution in [1.29, 1.82) is 0 Å². The number of halogens is 3. The Morgan fingerprint density at radius 3 is 1.43 bits per heavy atom. The largest absolute Gasteiger partial charge is 0.481 e. The number of amides is 7. The first-order valence-electron chi connectivity index (χ1n) is 20.5. The van der Waals surface area contributed by atoms with Gasteiger partial charge in [-0.3, -0.25) is 38.4 Å². The molecule has 0 radical (unpaired) electrons. The highest BCUT2D eigenvalue weighted by atomic mass is 19.4. The van der Waals surface area contributed by atoms with Crippen LogP contribution in [-0.4, -0.2) is 159 Å². The van der Waals surface area contributed by atoms with Gasteiger partial charge in [-0.2, -0.15) is 13.2 Å². The van der Waals surface area contributed by atoms with Crippen molar-refractivity contribution in [2.75, 3.05) is 46.3 Å². The fourth-order valence-corrected chi connectivity index (χ4v) is 8.60. The van der Waals surface area contributed by atoms with Crippen LogP contribution in [0.4, 0.5) is 13.2 Å². The van der Waals surface area contributed by atoms with Crippen LogP contribution < -0.4 is 10.6 Å². The van der Waals surface area contributed by atoms with Crippen LogP contribution in [0.2, 0.25) is 0 Å². The Morgan fingerprint density at radius 1 is 0.672 bits per heavy atom. The van der Waals surface area contributed by atoms with Gasteiger partial charge in [-0.15, -0.1) is 0 Å². The second-order valence-electron chi connectivity index (χ2n) is 16.2. The van der Waals surface area contributed by atoms with Gasteiger partial charge in [0.1, 0.15) is 29.7 Å². The third-order valence-corrected chi connectivity index (χ3v) is 11.6. The highest BCUT2D eigenvalue weighted by Crippen LogP contribution is 2.39. The predicted molar refractivity (Wildman–Crippen MR) is 204 cm³/mol. The molecule has 0 aromatic carbocycles. The Kier molecular flexibility index (Phi) is 16.9. The highest BCUT2D eigenvalue weighted by molar-refractivity contribution is 5.99. The molecular weight excluding hydrogens is 767 g/mol. The molecule has 3 aliphatic rings. The Labute approximate surface area is 338 Å². The van der Waals surface area contributed by atoms with E-state index in [0.717, 1.165) is 24.8 Å². The number of likely N-dealkylation sites (N-methyl/N-ethyl adjacent to an activating group) is 3. The summed E-state index contributed by atoms with van der Waals surface area (Å²) in [5.41, 5.74) is -1.85. The number of hydrogen-bond acceptors (Lipinski definition) is 8. The molecule has 1 aliphatic carbocycles. The summed E-state index contributed by atoms with van der Waals surface area (Å²) >= 11 is 0. The lowest BCUT2D eigenvalue weighted by atomic mass is 9.90. The van der Waals surface area contributed by atoms with Crippen LogP contribution in [0.1, 0.15) is 106 Å². The number of carbonyl (C=O) groups is 8. The van der Waals surface area contributed by atoms with Gasteiger partial charge in [0.15, 0.2) is 0 Å². The van der Waals surface area contributed by atoms with E-state index in [9.17, 15) is 56.6 Å². The highest BCUT2D eigenvalue weighted by Gasteiger charge is 2.55. The van der Waals surface area contributed by atoms with E-state index in [1.54, 1.807) is 41.5 Å². The molecule has 0 aromatic rings. The minimum atomic E-state index is -5.24. The van der Waals surface area contributed by atoms with E-state index in [0.29, 0.717) is 56.8 Å². The van der Waals surface area contributed by atoms with Crippen molar-refractivity contribution in [1.82, 2.24) is 35.1 Å². The van der Waals surface area contributed by atoms with Gasteiger partial charge < -0.3 is 40.2 Å². The Balaban J connectivity index is 1.94. The fourth-order valence-electron chi connectivity index (χ4n) is 8.60. The predicted octanol–water partition coefficient (Wildman–Crippen LogP) is 2.15. The van der Waals surface area contributed by atoms with Crippen molar-refractivity contribution in [2.45, 2.75) is 142 Å². The number of likely N-dealkylation sites (tertiary alicyclic amines) is 2. The van der Waals surface area contributed by atoms with Crippen LogP contribution in [0.25, 0.3) is 0 Å². The molecule has 4 atom stereocenters. The van der Waals surface area contributed by atoms with Crippen molar-refractivity contribution >= 4 is 47.3 Å². The van der Waals surface area contributed by atoms with Gasteiger partial charge in [-0.25, -0.2) is 0 Å². The van der Waals surface area contributed by atoms with E-state index in [1.807, 2.05) is 0 Å². The first-order chi connectivity index (χ1) is 27.1. The lowest BCUT2D eigenvalue weighted by Gasteiger charge is -2.44. The molecule has 7 amide bonds. The van der Waals surface area contributed by atoms with Gasteiger partial charge in [0.05, 0.1) is 12.8 Å². The Bertz CT molecular complexity index is 1520. The lowest BCUT2D eigenvalue weighted by Crippen LogP contribution is -2.65. The van der Waals surface area contributed by atoms with Gasteiger partial charge in [-0.05, 0) is 64.2 Å². The summed E-state index contributed by atoms with van der Waals surface area (Å²) in [4.78, 5) is 114. The summed E-state index contributed by atoms with van der Waals surface area (Å²) in [6, 6.07) is -5.36. The van der Waals surface area contributed by atoms with Crippen molar-refractivity contribution in [3.8, 4) is 0 Å². The summed E-state index contributed by atoms with van der Waals surface area (Å²) in [6.07, 6.45) is -2.99. The van der Waals surface area contributed by atoms with Crippen LogP contribution in [0, 0.1) is 11.8 Å².